The molecule has 0 aromatic heterocycles. The summed E-state index contributed by atoms with van der Waals surface area (Å²) in [5, 5.41) is 8.26. The van der Waals surface area contributed by atoms with Crippen molar-refractivity contribution in [3.8, 4) is 0 Å². The van der Waals surface area contributed by atoms with E-state index in [1.807, 2.05) is 0 Å². The first-order chi connectivity index (χ1) is 6.66. The van der Waals surface area contributed by atoms with Crippen LogP contribution < -0.4 is 0 Å². The minimum atomic E-state index is -1.07. The van der Waals surface area contributed by atoms with Gasteiger partial charge in [-0.2, -0.15) is 0 Å². The first-order valence-electron chi connectivity index (χ1n) is 5.10. The Labute approximate surface area is 84.8 Å². The Morgan fingerprint density at radius 2 is 1.71 bits per heavy atom. The number of carbonyl (C=O) groups is 2. The van der Waals surface area contributed by atoms with E-state index >= 15 is 0 Å². The van der Waals surface area contributed by atoms with Gasteiger partial charge < -0.3 is 5.11 Å². The molecular weight excluding hydrogens is 180 g/mol. The fraction of sp³-hybridized carbons (Fsp3) is 0.636. The van der Waals surface area contributed by atoms with Crippen molar-refractivity contribution < 1.29 is 14.7 Å². The average Bonchev–Trinajstić information content (AvgIpc) is 2.14. The maximum absolute atomic E-state index is 11.0. The zero-order valence-corrected chi connectivity index (χ0v) is 8.66. The summed E-state index contributed by atoms with van der Waals surface area (Å²) in [6.07, 6.45) is 7.98. The Morgan fingerprint density at radius 1 is 1.07 bits per heavy atom. The number of carbonyl (C=O) groups excluding carboxylic acids is 1. The van der Waals surface area contributed by atoms with E-state index in [1.54, 1.807) is 0 Å². The van der Waals surface area contributed by atoms with Crippen LogP contribution in [0.3, 0.4) is 0 Å². The number of unbranched alkanes of at least 4 members (excludes halogenated alkanes) is 4. The molecule has 1 N–H and O–H groups in total. The first kappa shape index (κ1) is 12.9. The largest absolute Gasteiger partial charge is 0.478 e. The Kier molecular flexibility index (Phi) is 7.80. The third-order valence-corrected chi connectivity index (χ3v) is 1.94. The maximum Gasteiger partial charge on any atom is 0.328 e. The number of rotatable bonds is 8. The molecule has 0 amide bonds. The molecule has 3 heteroatoms. The number of allylic oxidation sites excluding steroid dienone is 1. The summed E-state index contributed by atoms with van der Waals surface area (Å²) in [5.41, 5.74) is 0. The lowest BCUT2D eigenvalue weighted by Gasteiger charge is -1.96. The predicted molar refractivity (Wildman–Crippen MR) is 55.2 cm³/mol. The molecule has 14 heavy (non-hydrogen) atoms. The van der Waals surface area contributed by atoms with Gasteiger partial charge in [0.1, 0.15) is 0 Å². The number of aliphatic carboxylic acids is 1. The zero-order valence-electron chi connectivity index (χ0n) is 8.66. The number of carboxylic acid groups (broad SMARTS) is 1. The highest BCUT2D eigenvalue weighted by Gasteiger charge is 1.97. The summed E-state index contributed by atoms with van der Waals surface area (Å²) in [7, 11) is 0. The average molecular weight is 198 g/mol. The molecule has 0 atom stereocenters. The van der Waals surface area contributed by atoms with Crippen molar-refractivity contribution >= 4 is 11.8 Å². The molecule has 0 radical (unpaired) electrons. The highest BCUT2D eigenvalue weighted by molar-refractivity contribution is 5.95. The van der Waals surface area contributed by atoms with Crippen LogP contribution in [-0.2, 0) is 9.59 Å². The van der Waals surface area contributed by atoms with E-state index in [4.69, 9.17) is 5.11 Å². The van der Waals surface area contributed by atoms with Crippen LogP contribution >= 0.6 is 0 Å². The summed E-state index contributed by atoms with van der Waals surface area (Å²) in [6.45, 7) is 2.14. The van der Waals surface area contributed by atoms with Crippen LogP contribution in [0.5, 0.6) is 0 Å². The molecule has 80 valence electrons. The summed E-state index contributed by atoms with van der Waals surface area (Å²) < 4.78 is 0. The topological polar surface area (TPSA) is 54.4 Å². The Hall–Kier alpha value is -1.12. The Balaban J connectivity index is 3.40. The summed E-state index contributed by atoms with van der Waals surface area (Å²) >= 11 is 0. The van der Waals surface area contributed by atoms with E-state index in [0.717, 1.165) is 31.4 Å². The third kappa shape index (κ3) is 8.97. The SMILES string of the molecule is CCCCCCCC(=O)C=CC(=O)O. The molecule has 0 aliphatic rings. The number of hydrogen-bond acceptors (Lipinski definition) is 2. The van der Waals surface area contributed by atoms with Gasteiger partial charge in [-0.05, 0) is 12.5 Å². The van der Waals surface area contributed by atoms with Crippen LogP contribution in [0.4, 0.5) is 0 Å². The second-order valence-electron chi connectivity index (χ2n) is 3.30. The lowest BCUT2D eigenvalue weighted by Crippen LogP contribution is -1.95. The number of hydrogen-bond donors (Lipinski definition) is 1. The lowest BCUT2D eigenvalue weighted by atomic mass is 10.1. The molecule has 0 aliphatic heterocycles. The molecule has 0 aromatic carbocycles. The minimum Gasteiger partial charge on any atom is -0.478 e. The Morgan fingerprint density at radius 3 is 2.29 bits per heavy atom. The van der Waals surface area contributed by atoms with E-state index in [0.29, 0.717) is 6.42 Å². The highest BCUT2D eigenvalue weighted by Crippen LogP contribution is 2.05. The highest BCUT2D eigenvalue weighted by atomic mass is 16.4. The molecule has 0 aliphatic carbocycles. The van der Waals surface area contributed by atoms with Gasteiger partial charge in [-0.25, -0.2) is 4.79 Å². The van der Waals surface area contributed by atoms with Crippen LogP contribution in [0.25, 0.3) is 0 Å². The number of ketones is 1. The smallest absolute Gasteiger partial charge is 0.328 e. The van der Waals surface area contributed by atoms with E-state index < -0.39 is 5.97 Å². The van der Waals surface area contributed by atoms with Gasteiger partial charge in [0.2, 0.25) is 0 Å². The number of carboxylic acids is 1. The van der Waals surface area contributed by atoms with E-state index in [1.165, 1.54) is 12.8 Å². The second kappa shape index (κ2) is 8.48. The minimum absolute atomic E-state index is 0.0936. The predicted octanol–water partition coefficient (Wildman–Crippen LogP) is 2.56. The van der Waals surface area contributed by atoms with E-state index in [-0.39, 0.29) is 5.78 Å². The molecule has 0 fully saturated rings. The fourth-order valence-electron chi connectivity index (χ4n) is 1.15. The Bertz CT molecular complexity index is 207. The molecule has 0 spiro atoms. The van der Waals surface area contributed by atoms with Crippen LogP contribution in [0, 0.1) is 0 Å². The summed E-state index contributed by atoms with van der Waals surface area (Å²) in [5.74, 6) is -1.16. The van der Waals surface area contributed by atoms with Crippen molar-refractivity contribution in [2.24, 2.45) is 0 Å². The molecule has 3 nitrogen and oxygen atoms in total. The van der Waals surface area contributed by atoms with E-state index in [9.17, 15) is 9.59 Å². The molecule has 0 rings (SSSR count). The summed E-state index contributed by atoms with van der Waals surface area (Å²) in [6, 6.07) is 0. The standard InChI is InChI=1S/C11H18O3/c1-2-3-4-5-6-7-10(12)8-9-11(13)14/h8-9H,2-7H2,1H3,(H,13,14). The second-order valence-corrected chi connectivity index (χ2v) is 3.30. The van der Waals surface area contributed by atoms with Crippen molar-refractivity contribution in [1.82, 2.24) is 0 Å². The van der Waals surface area contributed by atoms with Gasteiger partial charge in [-0.3, -0.25) is 4.79 Å². The fourth-order valence-corrected chi connectivity index (χ4v) is 1.15. The van der Waals surface area contributed by atoms with Crippen molar-refractivity contribution in [2.45, 2.75) is 45.4 Å². The zero-order chi connectivity index (χ0) is 10.8. The van der Waals surface area contributed by atoms with Gasteiger partial charge in [-0.15, -0.1) is 0 Å². The van der Waals surface area contributed by atoms with Crippen LogP contribution in [0.2, 0.25) is 0 Å². The molecule has 0 heterocycles. The van der Waals surface area contributed by atoms with Crippen molar-refractivity contribution in [3.63, 3.8) is 0 Å². The molecule has 0 bridgehead atoms. The molecular formula is C11H18O3. The van der Waals surface area contributed by atoms with E-state index in [2.05, 4.69) is 6.92 Å². The van der Waals surface area contributed by atoms with Crippen molar-refractivity contribution in [1.29, 1.82) is 0 Å². The van der Waals surface area contributed by atoms with Crippen LogP contribution in [-0.4, -0.2) is 16.9 Å². The first-order valence-corrected chi connectivity index (χ1v) is 5.10. The monoisotopic (exact) mass is 198 g/mol. The van der Waals surface area contributed by atoms with Gasteiger partial charge >= 0.3 is 5.97 Å². The van der Waals surface area contributed by atoms with Gasteiger partial charge in [0, 0.05) is 12.5 Å². The lowest BCUT2D eigenvalue weighted by molar-refractivity contribution is -0.131. The van der Waals surface area contributed by atoms with Crippen molar-refractivity contribution in [2.75, 3.05) is 0 Å². The molecule has 0 aromatic rings. The van der Waals surface area contributed by atoms with Gasteiger partial charge in [-0.1, -0.05) is 32.6 Å². The van der Waals surface area contributed by atoms with Crippen LogP contribution in [0.15, 0.2) is 12.2 Å². The summed E-state index contributed by atoms with van der Waals surface area (Å²) in [4.78, 5) is 21.1. The van der Waals surface area contributed by atoms with Gasteiger partial charge in [0.25, 0.3) is 0 Å². The molecule has 0 unspecified atom stereocenters. The quantitative estimate of drug-likeness (QED) is 0.481. The molecule has 0 saturated heterocycles. The van der Waals surface area contributed by atoms with Crippen LogP contribution in [0.1, 0.15) is 45.4 Å². The third-order valence-electron chi connectivity index (χ3n) is 1.94. The normalized spacial score (nSPS) is 10.6. The van der Waals surface area contributed by atoms with Crippen molar-refractivity contribution in [3.05, 3.63) is 12.2 Å². The molecule has 0 saturated carbocycles. The van der Waals surface area contributed by atoms with Gasteiger partial charge in [0.05, 0.1) is 0 Å². The maximum atomic E-state index is 11.0. The van der Waals surface area contributed by atoms with Gasteiger partial charge in [0.15, 0.2) is 5.78 Å².